The summed E-state index contributed by atoms with van der Waals surface area (Å²) in [6.45, 7) is 3.91. The van der Waals surface area contributed by atoms with Gasteiger partial charge in [-0.25, -0.2) is 0 Å². The van der Waals surface area contributed by atoms with E-state index in [0.29, 0.717) is 29.6 Å². The maximum absolute atomic E-state index is 10.3. The van der Waals surface area contributed by atoms with Gasteiger partial charge >= 0.3 is 0 Å². The van der Waals surface area contributed by atoms with Crippen molar-refractivity contribution >= 4 is 11.6 Å². The van der Waals surface area contributed by atoms with E-state index in [1.54, 1.807) is 7.11 Å². The number of hydrogen-bond donors (Lipinski definition) is 1. The van der Waals surface area contributed by atoms with Gasteiger partial charge in [-0.2, -0.15) is 0 Å². The molecule has 1 heterocycles. The van der Waals surface area contributed by atoms with Crippen molar-refractivity contribution in [3.05, 3.63) is 36.1 Å². The molecule has 1 aliphatic rings. The van der Waals surface area contributed by atoms with Gasteiger partial charge < -0.3 is 14.6 Å². The Balaban J connectivity index is 2.18. The largest absolute Gasteiger partial charge is 0.493 e. The standard InChI is InChI=1S/C15H19ClO3/c1-10-14(12(17)7-3-4-9-16)11-6-5-8-13(18-2)15(11)19-10/h5-6,8,12,14,17H,1,3-4,7,9H2,2H3/t12-,14+/m1/s1. The predicted molar refractivity (Wildman–Crippen MR) is 76.1 cm³/mol. The third-order valence-electron chi connectivity index (χ3n) is 3.41. The maximum Gasteiger partial charge on any atom is 0.172 e. The molecule has 0 spiro atoms. The first-order chi connectivity index (χ1) is 9.19. The van der Waals surface area contributed by atoms with Gasteiger partial charge in [0, 0.05) is 11.4 Å². The fourth-order valence-electron chi connectivity index (χ4n) is 2.45. The third kappa shape index (κ3) is 2.88. The van der Waals surface area contributed by atoms with Crippen LogP contribution in [0.4, 0.5) is 0 Å². The minimum atomic E-state index is -0.496. The molecule has 0 saturated carbocycles. The molecule has 4 heteroatoms. The second-order valence-electron chi connectivity index (χ2n) is 4.68. The highest BCUT2D eigenvalue weighted by atomic mass is 35.5. The third-order valence-corrected chi connectivity index (χ3v) is 3.68. The molecule has 3 nitrogen and oxygen atoms in total. The fraction of sp³-hybridized carbons (Fsp3) is 0.467. The van der Waals surface area contributed by atoms with Crippen LogP contribution < -0.4 is 9.47 Å². The number of halogens is 1. The molecule has 1 aliphatic heterocycles. The van der Waals surface area contributed by atoms with Gasteiger partial charge in [-0.3, -0.25) is 0 Å². The first-order valence-electron chi connectivity index (χ1n) is 6.46. The molecule has 0 amide bonds. The summed E-state index contributed by atoms with van der Waals surface area (Å²) in [6, 6.07) is 5.69. The number of hydrogen-bond acceptors (Lipinski definition) is 3. The highest BCUT2D eigenvalue weighted by Crippen LogP contribution is 2.47. The number of para-hydroxylation sites is 1. The summed E-state index contributed by atoms with van der Waals surface area (Å²) in [5.74, 6) is 2.38. The summed E-state index contributed by atoms with van der Waals surface area (Å²) in [5.41, 5.74) is 0.947. The van der Waals surface area contributed by atoms with Crippen LogP contribution in [0.5, 0.6) is 11.5 Å². The van der Waals surface area contributed by atoms with E-state index in [1.807, 2.05) is 18.2 Å². The lowest BCUT2D eigenvalue weighted by molar-refractivity contribution is 0.136. The smallest absolute Gasteiger partial charge is 0.172 e. The lowest BCUT2D eigenvalue weighted by Crippen LogP contribution is -2.18. The number of fused-ring (bicyclic) bond motifs is 1. The van der Waals surface area contributed by atoms with Gasteiger partial charge in [0.2, 0.25) is 0 Å². The van der Waals surface area contributed by atoms with E-state index in [1.165, 1.54) is 0 Å². The van der Waals surface area contributed by atoms with Crippen LogP contribution >= 0.6 is 11.6 Å². The zero-order valence-corrected chi connectivity index (χ0v) is 11.8. The minimum absolute atomic E-state index is 0.180. The molecule has 0 bridgehead atoms. The summed E-state index contributed by atoms with van der Waals surface area (Å²) < 4.78 is 10.9. The van der Waals surface area contributed by atoms with Crippen LogP contribution in [-0.4, -0.2) is 24.2 Å². The maximum atomic E-state index is 10.3. The van der Waals surface area contributed by atoms with E-state index < -0.39 is 6.10 Å². The van der Waals surface area contributed by atoms with Crippen molar-refractivity contribution < 1.29 is 14.6 Å². The second-order valence-corrected chi connectivity index (χ2v) is 5.05. The SMILES string of the molecule is C=C1Oc2c(OC)cccc2[C@H]1[C@H](O)CCCCCl. The number of methoxy groups -OCH3 is 1. The van der Waals surface area contributed by atoms with Crippen LogP contribution in [0.25, 0.3) is 0 Å². The number of unbranched alkanes of at least 4 members (excludes halogenated alkanes) is 1. The molecule has 0 saturated heterocycles. The summed E-state index contributed by atoms with van der Waals surface area (Å²) >= 11 is 5.65. The molecule has 1 aromatic rings. The molecule has 1 N–H and O–H groups in total. The average Bonchev–Trinajstić information content (AvgIpc) is 2.74. The van der Waals surface area contributed by atoms with Gasteiger partial charge in [0.1, 0.15) is 5.76 Å². The van der Waals surface area contributed by atoms with Crippen LogP contribution in [0.2, 0.25) is 0 Å². The van der Waals surface area contributed by atoms with Crippen molar-refractivity contribution in [3.63, 3.8) is 0 Å². The summed E-state index contributed by atoms with van der Waals surface area (Å²) in [4.78, 5) is 0. The highest BCUT2D eigenvalue weighted by molar-refractivity contribution is 6.17. The molecule has 1 aromatic carbocycles. The van der Waals surface area contributed by atoms with Crippen molar-refractivity contribution in [1.29, 1.82) is 0 Å². The molecular weight excluding hydrogens is 264 g/mol. The van der Waals surface area contributed by atoms with Crippen molar-refractivity contribution in [3.8, 4) is 11.5 Å². The number of ether oxygens (including phenoxy) is 2. The Hall–Kier alpha value is -1.19. The van der Waals surface area contributed by atoms with Crippen LogP contribution in [0.3, 0.4) is 0 Å². The van der Waals surface area contributed by atoms with Gasteiger partial charge in [0.25, 0.3) is 0 Å². The Morgan fingerprint density at radius 1 is 1.47 bits per heavy atom. The summed E-state index contributed by atoms with van der Waals surface area (Å²) in [7, 11) is 1.60. The zero-order valence-electron chi connectivity index (χ0n) is 11.1. The number of alkyl halides is 1. The van der Waals surface area contributed by atoms with Crippen LogP contribution in [0, 0.1) is 0 Å². The normalized spacial score (nSPS) is 18.9. The number of rotatable bonds is 6. The molecule has 2 atom stereocenters. The molecule has 19 heavy (non-hydrogen) atoms. The zero-order chi connectivity index (χ0) is 13.8. The van der Waals surface area contributed by atoms with Gasteiger partial charge in [0.05, 0.1) is 19.1 Å². The van der Waals surface area contributed by atoms with E-state index in [0.717, 1.165) is 18.4 Å². The number of aliphatic hydroxyl groups excluding tert-OH is 1. The van der Waals surface area contributed by atoms with Gasteiger partial charge in [0.15, 0.2) is 11.5 Å². The Kier molecular flexibility index (Phi) is 4.72. The molecule has 0 fully saturated rings. The van der Waals surface area contributed by atoms with Crippen LogP contribution in [-0.2, 0) is 0 Å². The molecule has 2 rings (SSSR count). The Labute approximate surface area is 118 Å². The van der Waals surface area contributed by atoms with Crippen molar-refractivity contribution in [1.82, 2.24) is 0 Å². The molecule has 0 radical (unpaired) electrons. The number of aliphatic hydroxyl groups is 1. The highest BCUT2D eigenvalue weighted by Gasteiger charge is 2.35. The Bertz CT molecular complexity index is 459. The number of benzene rings is 1. The van der Waals surface area contributed by atoms with Crippen molar-refractivity contribution in [2.75, 3.05) is 13.0 Å². The van der Waals surface area contributed by atoms with Gasteiger partial charge in [-0.15, -0.1) is 11.6 Å². The van der Waals surface area contributed by atoms with E-state index >= 15 is 0 Å². The fourth-order valence-corrected chi connectivity index (χ4v) is 2.64. The monoisotopic (exact) mass is 282 g/mol. The summed E-state index contributed by atoms with van der Waals surface area (Å²) in [5, 5.41) is 10.3. The molecular formula is C15H19ClO3. The minimum Gasteiger partial charge on any atom is -0.493 e. The lowest BCUT2D eigenvalue weighted by Gasteiger charge is -2.17. The predicted octanol–water partition coefficient (Wildman–Crippen LogP) is 3.45. The Morgan fingerprint density at radius 2 is 2.26 bits per heavy atom. The quantitative estimate of drug-likeness (QED) is 0.641. The van der Waals surface area contributed by atoms with E-state index in [2.05, 4.69) is 6.58 Å². The summed E-state index contributed by atoms with van der Waals surface area (Å²) in [6.07, 6.45) is 2.00. The van der Waals surface area contributed by atoms with Crippen LogP contribution in [0.1, 0.15) is 30.7 Å². The lowest BCUT2D eigenvalue weighted by atomic mass is 9.90. The average molecular weight is 283 g/mol. The van der Waals surface area contributed by atoms with E-state index in [4.69, 9.17) is 21.1 Å². The van der Waals surface area contributed by atoms with Gasteiger partial charge in [-0.1, -0.05) is 18.7 Å². The van der Waals surface area contributed by atoms with Crippen molar-refractivity contribution in [2.24, 2.45) is 0 Å². The molecule has 0 aliphatic carbocycles. The van der Waals surface area contributed by atoms with E-state index in [-0.39, 0.29) is 5.92 Å². The van der Waals surface area contributed by atoms with Crippen molar-refractivity contribution in [2.45, 2.75) is 31.3 Å². The van der Waals surface area contributed by atoms with Gasteiger partial charge in [-0.05, 0) is 25.3 Å². The first kappa shape index (κ1) is 14.2. The first-order valence-corrected chi connectivity index (χ1v) is 7.00. The second kappa shape index (κ2) is 6.31. The molecule has 0 unspecified atom stereocenters. The topological polar surface area (TPSA) is 38.7 Å². The molecule has 0 aromatic heterocycles. The van der Waals surface area contributed by atoms with Crippen LogP contribution in [0.15, 0.2) is 30.5 Å². The molecule has 104 valence electrons. The van der Waals surface area contributed by atoms with E-state index in [9.17, 15) is 5.11 Å². The Morgan fingerprint density at radius 3 is 2.95 bits per heavy atom.